The monoisotopic (exact) mass is 272 g/mol. The van der Waals surface area contributed by atoms with E-state index in [-0.39, 0.29) is 0 Å². The molecule has 0 aromatic heterocycles. The summed E-state index contributed by atoms with van der Waals surface area (Å²) in [5.41, 5.74) is 0. The Bertz CT molecular complexity index is 195. The van der Waals surface area contributed by atoms with Crippen LogP contribution < -0.4 is 10.6 Å². The van der Waals surface area contributed by atoms with Gasteiger partial charge in [0.25, 0.3) is 0 Å². The quantitative estimate of drug-likeness (QED) is 0.632. The fourth-order valence-corrected chi connectivity index (χ4v) is 2.57. The minimum absolute atomic E-state index is 0.427. The standard InChI is InChI=1S/C14H28N2O3/c1-5-15-6-2-13(1)18-11-9-17-10-12-19-14-3-7-16-8-4-14/h13-16H,1-12H2. The van der Waals surface area contributed by atoms with E-state index in [1.165, 1.54) is 0 Å². The number of ether oxygens (including phenoxy) is 3. The predicted molar refractivity (Wildman–Crippen MR) is 74.5 cm³/mol. The molecule has 2 saturated heterocycles. The van der Waals surface area contributed by atoms with Gasteiger partial charge in [0.1, 0.15) is 0 Å². The van der Waals surface area contributed by atoms with E-state index in [4.69, 9.17) is 14.2 Å². The number of nitrogens with one attached hydrogen (secondary N) is 2. The van der Waals surface area contributed by atoms with Gasteiger partial charge in [-0.2, -0.15) is 0 Å². The molecule has 0 radical (unpaired) electrons. The van der Waals surface area contributed by atoms with E-state index in [9.17, 15) is 0 Å². The molecule has 0 aliphatic carbocycles. The van der Waals surface area contributed by atoms with Gasteiger partial charge in [0.2, 0.25) is 0 Å². The molecule has 2 aliphatic heterocycles. The third-order valence-corrected chi connectivity index (χ3v) is 3.73. The maximum atomic E-state index is 5.77. The first-order chi connectivity index (χ1) is 9.45. The van der Waals surface area contributed by atoms with Crippen LogP contribution in [0.3, 0.4) is 0 Å². The first kappa shape index (κ1) is 15.2. The summed E-state index contributed by atoms with van der Waals surface area (Å²) in [6.45, 7) is 7.09. The first-order valence-corrected chi connectivity index (χ1v) is 7.67. The highest BCUT2D eigenvalue weighted by Crippen LogP contribution is 2.07. The van der Waals surface area contributed by atoms with Crippen molar-refractivity contribution >= 4 is 0 Å². The Morgan fingerprint density at radius 2 is 1.05 bits per heavy atom. The molecule has 0 bridgehead atoms. The van der Waals surface area contributed by atoms with Crippen molar-refractivity contribution < 1.29 is 14.2 Å². The van der Waals surface area contributed by atoms with Crippen LogP contribution in [0.4, 0.5) is 0 Å². The predicted octanol–water partition coefficient (Wildman–Crippen LogP) is 0.540. The molecule has 2 rings (SSSR count). The Morgan fingerprint density at radius 1 is 0.632 bits per heavy atom. The fourth-order valence-electron chi connectivity index (χ4n) is 2.57. The minimum Gasteiger partial charge on any atom is -0.377 e. The van der Waals surface area contributed by atoms with Crippen molar-refractivity contribution in [2.24, 2.45) is 0 Å². The smallest absolute Gasteiger partial charge is 0.0704 e. The number of hydrogen-bond acceptors (Lipinski definition) is 5. The van der Waals surface area contributed by atoms with Gasteiger partial charge in [-0.15, -0.1) is 0 Å². The highest BCUT2D eigenvalue weighted by atomic mass is 16.5. The lowest BCUT2D eigenvalue weighted by molar-refractivity contribution is -0.0355. The summed E-state index contributed by atoms with van der Waals surface area (Å²) in [6, 6.07) is 0. The van der Waals surface area contributed by atoms with Gasteiger partial charge in [-0.25, -0.2) is 0 Å². The Morgan fingerprint density at radius 3 is 1.47 bits per heavy atom. The molecule has 5 heteroatoms. The summed E-state index contributed by atoms with van der Waals surface area (Å²) in [5.74, 6) is 0. The van der Waals surface area contributed by atoms with Crippen molar-refractivity contribution in [1.82, 2.24) is 10.6 Å². The van der Waals surface area contributed by atoms with Gasteiger partial charge in [-0.3, -0.25) is 0 Å². The fraction of sp³-hybridized carbons (Fsp3) is 1.00. The molecule has 5 nitrogen and oxygen atoms in total. The normalized spacial score (nSPS) is 22.7. The van der Waals surface area contributed by atoms with Crippen LogP contribution in [0.5, 0.6) is 0 Å². The van der Waals surface area contributed by atoms with Crippen molar-refractivity contribution in [1.29, 1.82) is 0 Å². The zero-order valence-corrected chi connectivity index (χ0v) is 11.9. The lowest BCUT2D eigenvalue weighted by Crippen LogP contribution is -2.33. The van der Waals surface area contributed by atoms with Gasteiger partial charge >= 0.3 is 0 Å². The number of rotatable bonds is 8. The summed E-state index contributed by atoms with van der Waals surface area (Å²) in [4.78, 5) is 0. The molecule has 112 valence electrons. The highest BCUT2D eigenvalue weighted by molar-refractivity contribution is 4.68. The molecule has 2 N–H and O–H groups in total. The van der Waals surface area contributed by atoms with E-state index >= 15 is 0 Å². The Balaban J connectivity index is 1.35. The van der Waals surface area contributed by atoms with E-state index < -0.39 is 0 Å². The van der Waals surface area contributed by atoms with Crippen LogP contribution in [0.2, 0.25) is 0 Å². The van der Waals surface area contributed by atoms with Crippen LogP contribution in [0, 0.1) is 0 Å². The molecule has 2 heterocycles. The van der Waals surface area contributed by atoms with Gasteiger partial charge in [0.05, 0.1) is 38.6 Å². The number of hydrogen-bond donors (Lipinski definition) is 2. The van der Waals surface area contributed by atoms with Gasteiger partial charge in [0, 0.05) is 0 Å². The van der Waals surface area contributed by atoms with E-state index in [1.807, 2.05) is 0 Å². The summed E-state index contributed by atoms with van der Waals surface area (Å²) >= 11 is 0. The third-order valence-electron chi connectivity index (χ3n) is 3.73. The lowest BCUT2D eigenvalue weighted by atomic mass is 10.1. The topological polar surface area (TPSA) is 51.8 Å². The third kappa shape index (κ3) is 6.68. The van der Waals surface area contributed by atoms with Gasteiger partial charge < -0.3 is 24.8 Å². The van der Waals surface area contributed by atoms with Crippen LogP contribution in [0.1, 0.15) is 25.7 Å². The zero-order valence-electron chi connectivity index (χ0n) is 11.9. The number of piperidine rings is 2. The van der Waals surface area contributed by atoms with E-state index in [0.717, 1.165) is 51.9 Å². The first-order valence-electron chi connectivity index (χ1n) is 7.67. The second-order valence-electron chi connectivity index (χ2n) is 5.25. The van der Waals surface area contributed by atoms with Crippen LogP contribution >= 0.6 is 0 Å². The van der Waals surface area contributed by atoms with E-state index in [0.29, 0.717) is 38.6 Å². The van der Waals surface area contributed by atoms with Crippen molar-refractivity contribution in [3.05, 3.63) is 0 Å². The molecule has 0 aromatic rings. The Labute approximate surface area is 116 Å². The highest BCUT2D eigenvalue weighted by Gasteiger charge is 2.13. The molecular formula is C14H28N2O3. The Hall–Kier alpha value is -0.200. The van der Waals surface area contributed by atoms with Gasteiger partial charge in [-0.1, -0.05) is 0 Å². The van der Waals surface area contributed by atoms with Crippen molar-refractivity contribution in [3.8, 4) is 0 Å². The van der Waals surface area contributed by atoms with Crippen LogP contribution in [0.15, 0.2) is 0 Å². The minimum atomic E-state index is 0.427. The molecule has 19 heavy (non-hydrogen) atoms. The van der Waals surface area contributed by atoms with Crippen molar-refractivity contribution in [2.45, 2.75) is 37.9 Å². The Kier molecular flexibility index (Phi) is 7.73. The van der Waals surface area contributed by atoms with E-state index in [2.05, 4.69) is 10.6 Å². The second-order valence-corrected chi connectivity index (χ2v) is 5.25. The molecule has 0 amide bonds. The maximum absolute atomic E-state index is 5.77. The summed E-state index contributed by atoms with van der Waals surface area (Å²) in [5, 5.41) is 6.66. The van der Waals surface area contributed by atoms with Crippen molar-refractivity contribution in [3.63, 3.8) is 0 Å². The molecular weight excluding hydrogens is 244 g/mol. The molecule has 2 aliphatic rings. The average Bonchev–Trinajstić information content (AvgIpc) is 2.48. The molecule has 0 unspecified atom stereocenters. The second kappa shape index (κ2) is 9.66. The average molecular weight is 272 g/mol. The van der Waals surface area contributed by atoms with Gasteiger partial charge in [0.15, 0.2) is 0 Å². The summed E-state index contributed by atoms with van der Waals surface area (Å²) < 4.78 is 17.1. The molecule has 0 atom stereocenters. The maximum Gasteiger partial charge on any atom is 0.0704 e. The molecule has 2 fully saturated rings. The molecule has 0 saturated carbocycles. The van der Waals surface area contributed by atoms with Crippen LogP contribution in [-0.4, -0.2) is 64.8 Å². The molecule has 0 aromatic carbocycles. The molecule has 0 spiro atoms. The summed E-state index contributed by atoms with van der Waals surface area (Å²) in [7, 11) is 0. The SMILES string of the molecule is C1CC(OCCOCCOC2CCNCC2)CCN1. The largest absolute Gasteiger partial charge is 0.377 e. The van der Waals surface area contributed by atoms with E-state index in [1.54, 1.807) is 0 Å². The van der Waals surface area contributed by atoms with Crippen molar-refractivity contribution in [2.75, 3.05) is 52.6 Å². The van der Waals surface area contributed by atoms with Crippen LogP contribution in [0.25, 0.3) is 0 Å². The van der Waals surface area contributed by atoms with Crippen LogP contribution in [-0.2, 0) is 14.2 Å². The zero-order chi connectivity index (χ0) is 13.2. The van der Waals surface area contributed by atoms with Gasteiger partial charge in [-0.05, 0) is 51.9 Å². The lowest BCUT2D eigenvalue weighted by Gasteiger charge is -2.23. The summed E-state index contributed by atoms with van der Waals surface area (Å²) in [6.07, 6.45) is 5.35.